The molecular formula is C38H38N10O6. The van der Waals surface area contributed by atoms with E-state index < -0.39 is 29.7 Å². The fraction of sp³-hybridized carbons (Fsp3) is 0.316. The summed E-state index contributed by atoms with van der Waals surface area (Å²) >= 11 is 0. The molecule has 0 aliphatic carbocycles. The minimum Gasteiger partial charge on any atom is -0.375 e. The van der Waals surface area contributed by atoms with Crippen LogP contribution in [0.5, 0.6) is 0 Å². The van der Waals surface area contributed by atoms with E-state index in [1.807, 2.05) is 24.3 Å². The predicted molar refractivity (Wildman–Crippen MR) is 197 cm³/mol. The second-order valence-corrected chi connectivity index (χ2v) is 13.9. The number of carbonyl (C=O) groups is 6. The molecular weight excluding hydrogens is 692 g/mol. The molecule has 1 unspecified atom stereocenters. The first-order valence-electron chi connectivity index (χ1n) is 18.0. The maximum atomic E-state index is 13.3. The molecule has 54 heavy (non-hydrogen) atoms. The lowest BCUT2D eigenvalue weighted by molar-refractivity contribution is -0.136. The topological polar surface area (TPSA) is 204 Å². The Balaban J connectivity index is 0.841. The van der Waals surface area contributed by atoms with Crippen LogP contribution in [-0.4, -0.2) is 96.7 Å². The molecule has 2 aromatic heterocycles. The van der Waals surface area contributed by atoms with Crippen LogP contribution in [-0.2, 0) is 27.5 Å². The van der Waals surface area contributed by atoms with Crippen molar-refractivity contribution in [1.82, 2.24) is 40.2 Å². The maximum Gasteiger partial charge on any atom is 0.264 e. The number of aromatic amines is 1. The minimum atomic E-state index is -1.08. The number of imide groups is 2. The lowest BCUT2D eigenvalue weighted by Crippen LogP contribution is -2.54. The number of carbonyl (C=O) groups excluding carboxylic acids is 6. The zero-order valence-corrected chi connectivity index (χ0v) is 29.5. The summed E-state index contributed by atoms with van der Waals surface area (Å²) in [6, 6.07) is 15.1. The zero-order valence-electron chi connectivity index (χ0n) is 29.5. The fourth-order valence-electron chi connectivity index (χ4n) is 7.44. The molecule has 276 valence electrons. The minimum absolute atomic E-state index is 0.0198. The van der Waals surface area contributed by atoms with Gasteiger partial charge in [0.1, 0.15) is 11.9 Å². The number of benzene rings is 3. The van der Waals surface area contributed by atoms with Gasteiger partial charge in [0.15, 0.2) is 0 Å². The van der Waals surface area contributed by atoms with Crippen molar-refractivity contribution in [2.24, 2.45) is 0 Å². The Morgan fingerprint density at radius 1 is 1.00 bits per heavy atom. The van der Waals surface area contributed by atoms with Crippen LogP contribution in [0.3, 0.4) is 0 Å². The summed E-state index contributed by atoms with van der Waals surface area (Å²) in [4.78, 5) is 87.8. The highest BCUT2D eigenvalue weighted by Crippen LogP contribution is 2.32. The molecule has 5 aromatic rings. The van der Waals surface area contributed by atoms with Gasteiger partial charge in [-0.2, -0.15) is 5.10 Å². The van der Waals surface area contributed by atoms with Gasteiger partial charge in [0.25, 0.3) is 17.7 Å². The molecule has 3 aliphatic heterocycles. The summed E-state index contributed by atoms with van der Waals surface area (Å²) in [5.74, 6) is -2.13. The number of aromatic nitrogens is 4. The highest BCUT2D eigenvalue weighted by atomic mass is 16.2. The van der Waals surface area contributed by atoms with Gasteiger partial charge in [0, 0.05) is 41.3 Å². The molecule has 16 nitrogen and oxygen atoms in total. The van der Waals surface area contributed by atoms with Crippen LogP contribution in [0.4, 0.5) is 11.4 Å². The molecule has 0 bridgehead atoms. The average molecular weight is 731 g/mol. The number of nitrogens with zero attached hydrogens (tertiary/aromatic N) is 5. The molecule has 8 rings (SSSR count). The molecule has 3 aromatic carbocycles. The van der Waals surface area contributed by atoms with Crippen LogP contribution in [0.25, 0.3) is 21.9 Å². The van der Waals surface area contributed by atoms with Crippen LogP contribution >= 0.6 is 0 Å². The Bertz CT molecular complexity index is 2360. The molecule has 0 radical (unpaired) electrons. The summed E-state index contributed by atoms with van der Waals surface area (Å²) < 4.78 is 1.73. The number of piperidine rings is 1. The Morgan fingerprint density at radius 3 is 2.69 bits per heavy atom. The number of amides is 6. The van der Waals surface area contributed by atoms with Gasteiger partial charge in [0.2, 0.25) is 17.7 Å². The molecule has 0 spiro atoms. The summed E-state index contributed by atoms with van der Waals surface area (Å²) in [6.45, 7) is 4.52. The number of likely N-dealkylation sites (tertiary alicyclic amines) is 1. The van der Waals surface area contributed by atoms with Crippen LogP contribution in [0.1, 0.15) is 69.5 Å². The number of anilines is 2. The standard InChI is InChI=1S/C38H38N10O6/c1-21-4-3-14-46(21)20-31-43-26-9-8-24(17-28(26)44-31)42-35(51)22-7-10-29-23(16-22)18-41-47(29)15-13-39-33(50)19-40-27-6-2-5-25-34(27)38(54)48(37(25)53)30-11-12-32(49)45-36(30)52/h2,5-10,16-18,21,30,40H,3-4,11-15,19-20H2,1H3,(H,39,50)(H,42,51)(H,43,44)(H,45,49,52)/t21-,30?/m0/s1. The zero-order chi connectivity index (χ0) is 37.5. The summed E-state index contributed by atoms with van der Waals surface area (Å²) in [5, 5.41) is 16.1. The van der Waals surface area contributed by atoms with E-state index in [1.165, 1.54) is 18.9 Å². The smallest absolute Gasteiger partial charge is 0.264 e. The van der Waals surface area contributed by atoms with Crippen molar-refractivity contribution in [3.05, 3.63) is 83.3 Å². The highest BCUT2D eigenvalue weighted by Gasteiger charge is 2.45. The lowest BCUT2D eigenvalue weighted by Gasteiger charge is -2.27. The van der Waals surface area contributed by atoms with E-state index in [0.29, 0.717) is 23.8 Å². The van der Waals surface area contributed by atoms with E-state index >= 15 is 0 Å². The van der Waals surface area contributed by atoms with Crippen LogP contribution < -0.4 is 21.3 Å². The Hall–Kier alpha value is -6.42. The van der Waals surface area contributed by atoms with Crippen LogP contribution in [0.2, 0.25) is 0 Å². The van der Waals surface area contributed by atoms with E-state index in [2.05, 4.69) is 43.2 Å². The van der Waals surface area contributed by atoms with Crippen LogP contribution in [0.15, 0.2) is 60.8 Å². The van der Waals surface area contributed by atoms with Crippen molar-refractivity contribution < 1.29 is 28.8 Å². The van der Waals surface area contributed by atoms with Crippen molar-refractivity contribution >= 4 is 68.8 Å². The summed E-state index contributed by atoms with van der Waals surface area (Å²) in [6.07, 6.45) is 4.14. The number of imidazole rings is 1. The Kier molecular flexibility index (Phi) is 9.11. The van der Waals surface area contributed by atoms with E-state index in [4.69, 9.17) is 4.98 Å². The quantitative estimate of drug-likeness (QED) is 0.126. The van der Waals surface area contributed by atoms with Gasteiger partial charge in [0.05, 0.1) is 53.5 Å². The molecule has 3 aliphatic rings. The molecule has 2 atom stereocenters. The Labute approximate surface area is 308 Å². The number of fused-ring (bicyclic) bond motifs is 3. The van der Waals surface area contributed by atoms with Gasteiger partial charge >= 0.3 is 0 Å². The van der Waals surface area contributed by atoms with Gasteiger partial charge in [-0.3, -0.25) is 48.6 Å². The second-order valence-electron chi connectivity index (χ2n) is 13.9. The van der Waals surface area contributed by atoms with Gasteiger partial charge in [-0.1, -0.05) is 6.07 Å². The first-order chi connectivity index (χ1) is 26.1. The van der Waals surface area contributed by atoms with Crippen LogP contribution in [0, 0.1) is 0 Å². The highest BCUT2D eigenvalue weighted by molar-refractivity contribution is 6.25. The number of nitrogens with one attached hydrogen (secondary N) is 5. The summed E-state index contributed by atoms with van der Waals surface area (Å²) in [5.41, 5.74) is 4.10. The van der Waals surface area contributed by atoms with Gasteiger partial charge in [-0.15, -0.1) is 0 Å². The molecule has 2 fully saturated rings. The largest absolute Gasteiger partial charge is 0.375 e. The third-order valence-corrected chi connectivity index (χ3v) is 10.3. The monoisotopic (exact) mass is 730 g/mol. The van der Waals surface area contributed by atoms with Crippen molar-refractivity contribution in [3.63, 3.8) is 0 Å². The first-order valence-corrected chi connectivity index (χ1v) is 18.0. The normalized spacial score (nSPS) is 18.7. The van der Waals surface area contributed by atoms with Crippen molar-refractivity contribution in [1.29, 1.82) is 0 Å². The SMILES string of the molecule is C[C@H]1CCCN1Cc1nc2cc(NC(=O)c3ccc4c(cnn4CCNC(=O)CNc4cccc5c4C(=O)N(C4CCC(=O)NC4=O)C5=O)c3)ccc2[nH]1. The maximum absolute atomic E-state index is 13.3. The number of hydrogen-bond acceptors (Lipinski definition) is 10. The van der Waals surface area contributed by atoms with Gasteiger partial charge in [-0.25, -0.2) is 4.98 Å². The predicted octanol–water partition coefficient (Wildman–Crippen LogP) is 2.78. The lowest BCUT2D eigenvalue weighted by atomic mass is 10.0. The number of rotatable bonds is 11. The van der Waals surface area contributed by atoms with E-state index in [0.717, 1.165) is 45.8 Å². The molecule has 5 N–H and O–H groups in total. The van der Waals surface area contributed by atoms with Crippen molar-refractivity contribution in [3.8, 4) is 0 Å². The van der Waals surface area contributed by atoms with Crippen molar-refractivity contribution in [2.45, 2.75) is 57.8 Å². The van der Waals surface area contributed by atoms with E-state index in [9.17, 15) is 28.8 Å². The Morgan fingerprint density at radius 2 is 1.87 bits per heavy atom. The van der Waals surface area contributed by atoms with E-state index in [-0.39, 0.29) is 54.6 Å². The summed E-state index contributed by atoms with van der Waals surface area (Å²) in [7, 11) is 0. The second kappa shape index (κ2) is 14.2. The molecule has 6 amide bonds. The molecule has 0 saturated carbocycles. The van der Waals surface area contributed by atoms with Gasteiger partial charge < -0.3 is 20.9 Å². The average Bonchev–Trinajstić information content (AvgIpc) is 3.93. The third kappa shape index (κ3) is 6.67. The van der Waals surface area contributed by atoms with Gasteiger partial charge in [-0.05, 0) is 81.3 Å². The first kappa shape index (κ1) is 34.7. The third-order valence-electron chi connectivity index (χ3n) is 10.3. The fourth-order valence-corrected chi connectivity index (χ4v) is 7.44. The molecule has 5 heterocycles. The number of hydrogen-bond donors (Lipinski definition) is 5. The molecule has 2 saturated heterocycles. The van der Waals surface area contributed by atoms with Crippen molar-refractivity contribution in [2.75, 3.05) is 30.3 Å². The molecule has 16 heteroatoms. The van der Waals surface area contributed by atoms with E-state index in [1.54, 1.807) is 35.1 Å². The number of H-pyrrole nitrogens is 1.